The number of benzene rings is 2. The largest absolute Gasteiger partial charge is 0.231 e. The summed E-state index contributed by atoms with van der Waals surface area (Å²) >= 11 is 0. The van der Waals surface area contributed by atoms with Crippen LogP contribution in [0.5, 0.6) is 0 Å². The quantitative estimate of drug-likeness (QED) is 0.642. The highest BCUT2D eigenvalue weighted by Crippen LogP contribution is 2.07. The Labute approximate surface area is 125 Å². The van der Waals surface area contributed by atoms with Crippen molar-refractivity contribution in [3.8, 4) is 0 Å². The van der Waals surface area contributed by atoms with Crippen molar-refractivity contribution < 1.29 is 9.59 Å². The standard InChI is InChI=1S/C13H12.C2H6.2CHNO/c1-3-7-12(8-4-1)11-13-9-5-2-6-10-13;1-2;2*2-1-3/h1-10H,11H2;1-2H3;2*2H. The predicted octanol–water partition coefficient (Wildman–Crippen LogP) is 4.11. The van der Waals surface area contributed by atoms with Crippen molar-refractivity contribution in [2.45, 2.75) is 20.3 Å². The van der Waals surface area contributed by atoms with E-state index in [2.05, 4.69) is 60.7 Å². The highest BCUT2D eigenvalue weighted by Gasteiger charge is 1.92. The second-order valence-electron chi connectivity index (χ2n) is 3.35. The molecule has 0 aliphatic heterocycles. The van der Waals surface area contributed by atoms with Crippen LogP contribution in [0.25, 0.3) is 0 Å². The maximum absolute atomic E-state index is 8.35. The molecule has 0 spiro atoms. The Kier molecular flexibility index (Phi) is 16.8. The minimum absolute atomic E-state index is 0.750. The molecule has 0 unspecified atom stereocenters. The van der Waals surface area contributed by atoms with E-state index in [0.29, 0.717) is 0 Å². The topological polar surface area (TPSA) is 81.8 Å². The summed E-state index contributed by atoms with van der Waals surface area (Å²) in [5.74, 6) is 0. The number of nitrogens with one attached hydrogen (secondary N) is 2. The fraction of sp³-hybridized carbons (Fsp3) is 0.176. The first-order valence-electron chi connectivity index (χ1n) is 6.44. The van der Waals surface area contributed by atoms with Crippen molar-refractivity contribution in [2.24, 2.45) is 0 Å². The Morgan fingerprint density at radius 2 is 0.952 bits per heavy atom. The maximum atomic E-state index is 8.35. The van der Waals surface area contributed by atoms with Crippen LogP contribution in [-0.4, -0.2) is 12.2 Å². The fourth-order valence-corrected chi connectivity index (χ4v) is 1.43. The Morgan fingerprint density at radius 1 is 0.714 bits per heavy atom. The highest BCUT2D eigenvalue weighted by atomic mass is 16.1. The van der Waals surface area contributed by atoms with Gasteiger partial charge in [-0.25, -0.2) is 20.4 Å². The van der Waals surface area contributed by atoms with Gasteiger partial charge in [-0.15, -0.1) is 0 Å². The fourth-order valence-electron chi connectivity index (χ4n) is 1.43. The minimum Gasteiger partial charge on any atom is -0.222 e. The van der Waals surface area contributed by atoms with Crippen LogP contribution >= 0.6 is 0 Å². The lowest BCUT2D eigenvalue weighted by Crippen LogP contribution is -1.85. The van der Waals surface area contributed by atoms with E-state index in [0.717, 1.165) is 18.6 Å². The minimum atomic E-state index is 0.750. The van der Waals surface area contributed by atoms with E-state index in [1.165, 1.54) is 11.1 Å². The molecule has 2 N–H and O–H groups in total. The molecule has 0 radical (unpaired) electrons. The molecule has 2 aromatic rings. The Bertz CT molecular complexity index is 464. The lowest BCUT2D eigenvalue weighted by molar-refractivity contribution is 0.562. The van der Waals surface area contributed by atoms with Crippen molar-refractivity contribution in [3.05, 3.63) is 71.8 Å². The number of carbonyl (C=O) groups excluding carboxylic acids is 2. The highest BCUT2D eigenvalue weighted by molar-refractivity contribution is 5.26. The van der Waals surface area contributed by atoms with Gasteiger partial charge in [0.1, 0.15) is 0 Å². The van der Waals surface area contributed by atoms with Crippen molar-refractivity contribution in [1.82, 2.24) is 0 Å². The van der Waals surface area contributed by atoms with Gasteiger partial charge < -0.3 is 0 Å². The Hall–Kier alpha value is -2.80. The average Bonchev–Trinajstić information content (AvgIpc) is 2.53. The zero-order valence-electron chi connectivity index (χ0n) is 12.3. The SMILES string of the molecule is CC.N=C=O.N=C=O.c1ccc(Cc2ccccc2)cc1. The van der Waals surface area contributed by atoms with Gasteiger partial charge in [0.15, 0.2) is 0 Å². The number of hydrogen-bond donors (Lipinski definition) is 2. The summed E-state index contributed by atoms with van der Waals surface area (Å²) in [5, 5.41) is 10.8. The van der Waals surface area contributed by atoms with E-state index in [-0.39, 0.29) is 0 Å². The summed E-state index contributed by atoms with van der Waals surface area (Å²) in [6.45, 7) is 4.00. The summed E-state index contributed by atoms with van der Waals surface area (Å²) in [6, 6.07) is 21.1. The molecule has 0 fully saturated rings. The first-order valence-corrected chi connectivity index (χ1v) is 6.44. The molecule has 0 heterocycles. The Morgan fingerprint density at radius 3 is 1.19 bits per heavy atom. The summed E-state index contributed by atoms with van der Waals surface area (Å²) < 4.78 is 0. The number of hydrogen-bond acceptors (Lipinski definition) is 4. The average molecular weight is 284 g/mol. The molecule has 0 aliphatic rings. The normalized spacial score (nSPS) is 7.14. The van der Waals surface area contributed by atoms with Crippen molar-refractivity contribution in [1.29, 1.82) is 10.8 Å². The second-order valence-corrected chi connectivity index (χ2v) is 3.35. The summed E-state index contributed by atoms with van der Waals surface area (Å²) in [7, 11) is 0. The van der Waals surface area contributed by atoms with Crippen LogP contribution in [0.3, 0.4) is 0 Å². The van der Waals surface area contributed by atoms with Gasteiger partial charge in [0.25, 0.3) is 0 Å². The van der Waals surface area contributed by atoms with Gasteiger partial charge in [-0.2, -0.15) is 0 Å². The van der Waals surface area contributed by atoms with Crippen molar-refractivity contribution >= 4 is 12.2 Å². The molecule has 4 heteroatoms. The smallest absolute Gasteiger partial charge is 0.222 e. The van der Waals surface area contributed by atoms with Gasteiger partial charge >= 0.3 is 0 Å². The molecule has 0 atom stereocenters. The molecule has 0 amide bonds. The summed E-state index contributed by atoms with van der Waals surface area (Å²) in [6.07, 6.45) is 2.53. The molecule has 21 heavy (non-hydrogen) atoms. The van der Waals surface area contributed by atoms with E-state index in [4.69, 9.17) is 20.4 Å². The number of isocyanates is 2. The van der Waals surface area contributed by atoms with E-state index >= 15 is 0 Å². The van der Waals surface area contributed by atoms with Crippen LogP contribution < -0.4 is 0 Å². The van der Waals surface area contributed by atoms with Crippen LogP contribution in [-0.2, 0) is 16.0 Å². The maximum Gasteiger partial charge on any atom is 0.231 e. The van der Waals surface area contributed by atoms with Crippen LogP contribution in [0, 0.1) is 10.8 Å². The van der Waals surface area contributed by atoms with Gasteiger partial charge in [-0.1, -0.05) is 74.5 Å². The molecular formula is C17H20N2O2. The van der Waals surface area contributed by atoms with Crippen molar-refractivity contribution in [2.75, 3.05) is 0 Å². The van der Waals surface area contributed by atoms with E-state index in [1.807, 2.05) is 13.8 Å². The van der Waals surface area contributed by atoms with Crippen molar-refractivity contribution in [3.63, 3.8) is 0 Å². The lowest BCUT2D eigenvalue weighted by Gasteiger charge is -2.00. The molecule has 4 nitrogen and oxygen atoms in total. The zero-order valence-corrected chi connectivity index (χ0v) is 12.3. The summed E-state index contributed by atoms with van der Waals surface area (Å²) in [4.78, 5) is 16.7. The molecular weight excluding hydrogens is 264 g/mol. The second kappa shape index (κ2) is 17.2. The molecule has 0 bridgehead atoms. The molecule has 0 aliphatic carbocycles. The monoisotopic (exact) mass is 284 g/mol. The van der Waals surface area contributed by atoms with Crippen LogP contribution in [0.1, 0.15) is 25.0 Å². The van der Waals surface area contributed by atoms with Gasteiger partial charge in [0, 0.05) is 0 Å². The first-order chi connectivity index (χ1) is 10.3. The first kappa shape index (κ1) is 20.5. The zero-order chi connectivity index (χ0) is 16.3. The summed E-state index contributed by atoms with van der Waals surface area (Å²) in [5.41, 5.74) is 2.74. The van der Waals surface area contributed by atoms with Gasteiger partial charge in [0.2, 0.25) is 12.2 Å². The lowest BCUT2D eigenvalue weighted by atomic mass is 10.1. The molecule has 0 saturated carbocycles. The third-order valence-corrected chi connectivity index (χ3v) is 2.09. The molecule has 2 rings (SSSR count). The molecule has 110 valence electrons. The Balaban J connectivity index is 0. The van der Waals surface area contributed by atoms with Gasteiger partial charge in [-0.3, -0.25) is 0 Å². The van der Waals surface area contributed by atoms with Crippen LogP contribution in [0.4, 0.5) is 0 Å². The van der Waals surface area contributed by atoms with Crippen LogP contribution in [0.15, 0.2) is 60.7 Å². The molecule has 0 aromatic heterocycles. The van der Waals surface area contributed by atoms with Crippen LogP contribution in [0.2, 0.25) is 0 Å². The predicted molar refractivity (Wildman–Crippen MR) is 83.9 cm³/mol. The van der Waals surface area contributed by atoms with E-state index in [9.17, 15) is 0 Å². The third kappa shape index (κ3) is 13.4. The molecule has 0 saturated heterocycles. The molecule has 2 aromatic carbocycles. The number of rotatable bonds is 2. The van der Waals surface area contributed by atoms with Gasteiger partial charge in [0.05, 0.1) is 0 Å². The third-order valence-electron chi connectivity index (χ3n) is 2.09. The van der Waals surface area contributed by atoms with E-state index < -0.39 is 0 Å². The van der Waals surface area contributed by atoms with E-state index in [1.54, 1.807) is 0 Å². The van der Waals surface area contributed by atoms with Gasteiger partial charge in [-0.05, 0) is 17.5 Å².